The molecule has 3 rings (SSSR count). The van der Waals surface area contributed by atoms with Gasteiger partial charge in [-0.15, -0.1) is 0 Å². The van der Waals surface area contributed by atoms with Gasteiger partial charge in [0, 0.05) is 18.4 Å². The molecule has 0 spiro atoms. The molecule has 0 saturated heterocycles. The van der Waals surface area contributed by atoms with Crippen molar-refractivity contribution in [3.05, 3.63) is 24.3 Å². The number of hydrogen-bond donors (Lipinski definition) is 1. The lowest BCUT2D eigenvalue weighted by atomic mass is 9.65. The Hall–Kier alpha value is -1.22. The van der Waals surface area contributed by atoms with Gasteiger partial charge >= 0.3 is 0 Å². The lowest BCUT2D eigenvalue weighted by molar-refractivity contribution is -0.121. The van der Waals surface area contributed by atoms with Gasteiger partial charge in [0.2, 0.25) is 0 Å². The van der Waals surface area contributed by atoms with Gasteiger partial charge in [0.25, 0.3) is 0 Å². The van der Waals surface area contributed by atoms with E-state index in [-0.39, 0.29) is 41.3 Å². The van der Waals surface area contributed by atoms with E-state index in [0.717, 1.165) is 25.7 Å². The van der Waals surface area contributed by atoms with Crippen molar-refractivity contribution >= 4 is 11.6 Å². The lowest BCUT2D eigenvalue weighted by Gasteiger charge is -2.39. The van der Waals surface area contributed by atoms with Gasteiger partial charge in [-0.3, -0.25) is 9.59 Å². The summed E-state index contributed by atoms with van der Waals surface area (Å²) in [6.45, 7) is 10.1. The topological polar surface area (TPSA) is 60.2 Å². The highest BCUT2D eigenvalue weighted by Gasteiger charge is 2.47. The van der Waals surface area contributed by atoms with E-state index in [0.29, 0.717) is 23.5 Å². The highest BCUT2D eigenvalue weighted by atomic mass is 16.1. The Morgan fingerprint density at radius 1 is 1.10 bits per heavy atom. The zero-order valence-corrected chi connectivity index (χ0v) is 12.8. The van der Waals surface area contributed by atoms with Crippen LogP contribution in [-0.2, 0) is 9.59 Å². The molecule has 6 atom stereocenters. The molecule has 0 aromatic heterocycles. The van der Waals surface area contributed by atoms with Crippen molar-refractivity contribution < 1.29 is 9.59 Å². The van der Waals surface area contributed by atoms with E-state index in [1.54, 1.807) is 0 Å². The highest BCUT2D eigenvalue weighted by molar-refractivity contribution is 5.99. The van der Waals surface area contributed by atoms with Crippen molar-refractivity contribution in [2.45, 2.75) is 45.1 Å². The molecule has 114 valence electrons. The summed E-state index contributed by atoms with van der Waals surface area (Å²) < 4.78 is 0. The molecule has 3 saturated carbocycles. The molecule has 3 fully saturated rings. The SMILES string of the molecule is C=C1C(=O)CC[C@H]2[C@H]1[C@@H]1CC(C[C@@H](C)C(=O)C1=C)C[C@@H]2N. The van der Waals surface area contributed by atoms with Crippen molar-refractivity contribution in [3.63, 3.8) is 0 Å². The minimum Gasteiger partial charge on any atom is -0.327 e. The molecule has 0 amide bonds. The average Bonchev–Trinajstić information content (AvgIpc) is 2.63. The van der Waals surface area contributed by atoms with Crippen LogP contribution in [0.5, 0.6) is 0 Å². The molecule has 3 aliphatic carbocycles. The second-order valence-corrected chi connectivity index (χ2v) is 7.31. The van der Waals surface area contributed by atoms with Gasteiger partial charge in [-0.1, -0.05) is 20.1 Å². The van der Waals surface area contributed by atoms with Crippen LogP contribution >= 0.6 is 0 Å². The summed E-state index contributed by atoms with van der Waals surface area (Å²) in [5, 5.41) is 0. The van der Waals surface area contributed by atoms with E-state index in [4.69, 9.17) is 5.73 Å². The molecular weight excluding hydrogens is 262 g/mol. The molecular formula is C18H25NO2. The monoisotopic (exact) mass is 287 g/mol. The van der Waals surface area contributed by atoms with Crippen LogP contribution in [0.1, 0.15) is 39.0 Å². The number of hydrogen-bond acceptors (Lipinski definition) is 3. The fourth-order valence-corrected chi connectivity index (χ4v) is 4.92. The Labute approximate surface area is 126 Å². The molecule has 0 aromatic rings. The summed E-state index contributed by atoms with van der Waals surface area (Å²) in [4.78, 5) is 24.6. The number of allylic oxidation sites excluding steroid dienone is 2. The van der Waals surface area contributed by atoms with Gasteiger partial charge in [0.05, 0.1) is 0 Å². The maximum atomic E-state index is 12.5. The van der Waals surface area contributed by atoms with Crippen LogP contribution in [-0.4, -0.2) is 17.6 Å². The fraction of sp³-hybridized carbons (Fsp3) is 0.667. The Kier molecular flexibility index (Phi) is 3.64. The molecule has 2 N–H and O–H groups in total. The van der Waals surface area contributed by atoms with E-state index in [1.165, 1.54) is 0 Å². The van der Waals surface area contributed by atoms with E-state index >= 15 is 0 Å². The average molecular weight is 287 g/mol. The highest BCUT2D eigenvalue weighted by Crippen LogP contribution is 2.50. The van der Waals surface area contributed by atoms with Crippen molar-refractivity contribution in [2.75, 3.05) is 0 Å². The maximum Gasteiger partial charge on any atom is 0.161 e. The molecule has 21 heavy (non-hydrogen) atoms. The first kappa shape index (κ1) is 14.7. The van der Waals surface area contributed by atoms with E-state index in [1.807, 2.05) is 6.92 Å². The van der Waals surface area contributed by atoms with Crippen LogP contribution in [0.2, 0.25) is 0 Å². The second kappa shape index (κ2) is 5.20. The molecule has 0 heterocycles. The van der Waals surface area contributed by atoms with Crippen LogP contribution in [0.4, 0.5) is 0 Å². The molecule has 3 aliphatic rings. The van der Waals surface area contributed by atoms with Gasteiger partial charge in [0.1, 0.15) is 0 Å². The first-order valence-corrected chi connectivity index (χ1v) is 8.10. The lowest BCUT2D eigenvalue weighted by Crippen LogP contribution is -2.42. The summed E-state index contributed by atoms with van der Waals surface area (Å²) in [7, 11) is 0. The minimum atomic E-state index is 0.0313. The van der Waals surface area contributed by atoms with Gasteiger partial charge < -0.3 is 5.73 Å². The molecule has 3 nitrogen and oxygen atoms in total. The van der Waals surface area contributed by atoms with Crippen molar-refractivity contribution in [2.24, 2.45) is 35.3 Å². The summed E-state index contributed by atoms with van der Waals surface area (Å²) in [5.41, 5.74) is 7.87. The smallest absolute Gasteiger partial charge is 0.161 e. The summed E-state index contributed by atoms with van der Waals surface area (Å²) in [5.74, 6) is 1.22. The normalized spacial score (nSPS) is 44.1. The van der Waals surface area contributed by atoms with Gasteiger partial charge in [-0.25, -0.2) is 0 Å². The van der Waals surface area contributed by atoms with Crippen molar-refractivity contribution in [1.82, 2.24) is 0 Å². The van der Waals surface area contributed by atoms with E-state index in [9.17, 15) is 9.59 Å². The Morgan fingerprint density at radius 2 is 1.81 bits per heavy atom. The largest absolute Gasteiger partial charge is 0.327 e. The van der Waals surface area contributed by atoms with Crippen LogP contribution in [0.3, 0.4) is 0 Å². The minimum absolute atomic E-state index is 0.0313. The van der Waals surface area contributed by atoms with Gasteiger partial charge in [-0.05, 0) is 60.5 Å². The third-order valence-corrected chi connectivity index (χ3v) is 6.00. The number of carbonyl (C=O) groups excluding carboxylic acids is 2. The first-order chi connectivity index (χ1) is 9.90. The standard InChI is InChI=1S/C18H25NO2/c1-9-6-12-7-14(10(2)18(9)21)17-11(3)16(20)5-4-13(17)15(19)8-12/h9,12-15,17H,2-8,19H2,1H3/t9-,12?,13-,14-,15+,17+/m1/s1. The predicted octanol–water partition coefficient (Wildman–Crippen LogP) is 2.66. The van der Waals surface area contributed by atoms with Crippen LogP contribution in [0.25, 0.3) is 0 Å². The number of carbonyl (C=O) groups is 2. The number of Topliss-reactive ketones (excluding diaryl/α,β-unsaturated/α-hetero) is 2. The third-order valence-electron chi connectivity index (χ3n) is 6.00. The van der Waals surface area contributed by atoms with Crippen LogP contribution < -0.4 is 5.73 Å². The Bertz CT molecular complexity index is 521. The molecule has 0 aromatic carbocycles. The number of ketones is 2. The predicted molar refractivity (Wildman–Crippen MR) is 82.5 cm³/mol. The molecule has 0 aliphatic heterocycles. The molecule has 3 heteroatoms. The maximum absolute atomic E-state index is 12.5. The first-order valence-electron chi connectivity index (χ1n) is 8.10. The zero-order valence-electron chi connectivity index (χ0n) is 12.8. The molecule has 1 unspecified atom stereocenters. The Morgan fingerprint density at radius 3 is 2.52 bits per heavy atom. The molecule has 2 bridgehead atoms. The van der Waals surface area contributed by atoms with E-state index < -0.39 is 0 Å². The third kappa shape index (κ3) is 2.32. The number of nitrogens with two attached hydrogens (primary N) is 1. The van der Waals surface area contributed by atoms with Crippen molar-refractivity contribution in [3.8, 4) is 0 Å². The Balaban J connectivity index is 2.03. The summed E-state index contributed by atoms with van der Waals surface area (Å²) >= 11 is 0. The molecule has 0 radical (unpaired) electrons. The van der Waals surface area contributed by atoms with Crippen molar-refractivity contribution in [1.29, 1.82) is 0 Å². The number of fused-ring (bicyclic) bond motifs is 4. The van der Waals surface area contributed by atoms with E-state index in [2.05, 4.69) is 13.2 Å². The van der Waals surface area contributed by atoms with Crippen LogP contribution in [0, 0.1) is 29.6 Å². The second-order valence-electron chi connectivity index (χ2n) is 7.31. The fourth-order valence-electron chi connectivity index (χ4n) is 4.92. The van der Waals surface area contributed by atoms with Gasteiger partial charge in [-0.2, -0.15) is 0 Å². The summed E-state index contributed by atoms with van der Waals surface area (Å²) in [6, 6.07) is 0.114. The number of rotatable bonds is 0. The summed E-state index contributed by atoms with van der Waals surface area (Å²) in [6.07, 6.45) is 4.20. The zero-order chi connectivity index (χ0) is 15.3. The van der Waals surface area contributed by atoms with Gasteiger partial charge in [0.15, 0.2) is 11.6 Å². The quantitative estimate of drug-likeness (QED) is 0.697. The van der Waals surface area contributed by atoms with Crippen LogP contribution in [0.15, 0.2) is 24.3 Å².